The SMILES string of the molecule is O=C(O)CC1(c2c(Cl)ccc3c2CCO3)CC1. The monoisotopic (exact) mass is 252 g/mol. The smallest absolute Gasteiger partial charge is 0.304 e. The number of carbonyl (C=O) groups is 1. The number of benzene rings is 1. The van der Waals surface area contributed by atoms with Crippen molar-refractivity contribution in [1.29, 1.82) is 0 Å². The maximum Gasteiger partial charge on any atom is 0.304 e. The quantitative estimate of drug-likeness (QED) is 0.900. The van der Waals surface area contributed by atoms with E-state index in [9.17, 15) is 4.79 Å². The summed E-state index contributed by atoms with van der Waals surface area (Å²) in [5.41, 5.74) is 1.91. The molecule has 0 spiro atoms. The van der Waals surface area contributed by atoms with Gasteiger partial charge in [0.1, 0.15) is 5.75 Å². The van der Waals surface area contributed by atoms with Crippen LogP contribution < -0.4 is 4.74 Å². The van der Waals surface area contributed by atoms with Crippen molar-refractivity contribution in [3.05, 3.63) is 28.3 Å². The Morgan fingerprint density at radius 3 is 2.88 bits per heavy atom. The first-order chi connectivity index (χ1) is 8.12. The molecular weight excluding hydrogens is 240 g/mol. The predicted octanol–water partition coefficient (Wildman–Crippen LogP) is 2.78. The molecule has 1 aromatic rings. The fourth-order valence-electron chi connectivity index (χ4n) is 2.78. The molecule has 2 aliphatic rings. The topological polar surface area (TPSA) is 46.5 Å². The minimum absolute atomic E-state index is 0.170. The Kier molecular flexibility index (Phi) is 2.33. The van der Waals surface area contributed by atoms with Crippen molar-refractivity contribution in [2.24, 2.45) is 0 Å². The van der Waals surface area contributed by atoms with E-state index in [1.54, 1.807) is 0 Å². The molecule has 4 heteroatoms. The molecule has 0 atom stereocenters. The summed E-state index contributed by atoms with van der Waals surface area (Å²) in [5, 5.41) is 9.70. The zero-order valence-electron chi connectivity index (χ0n) is 9.33. The van der Waals surface area contributed by atoms with Crippen molar-refractivity contribution in [2.45, 2.75) is 31.1 Å². The number of carboxylic acid groups (broad SMARTS) is 1. The number of ether oxygens (including phenoxy) is 1. The van der Waals surface area contributed by atoms with Gasteiger partial charge >= 0.3 is 5.97 Å². The highest BCUT2D eigenvalue weighted by molar-refractivity contribution is 6.31. The van der Waals surface area contributed by atoms with Crippen LogP contribution in [0.1, 0.15) is 30.4 Å². The number of aliphatic carboxylic acids is 1. The number of hydrogen-bond acceptors (Lipinski definition) is 2. The van der Waals surface area contributed by atoms with Gasteiger partial charge in [-0.25, -0.2) is 0 Å². The third kappa shape index (κ3) is 1.69. The Balaban J connectivity index is 2.09. The summed E-state index contributed by atoms with van der Waals surface area (Å²) in [4.78, 5) is 11.0. The molecule has 0 saturated heterocycles. The van der Waals surface area contributed by atoms with Gasteiger partial charge in [0, 0.05) is 22.4 Å². The number of rotatable bonds is 3. The van der Waals surface area contributed by atoms with Crippen LogP contribution in [0, 0.1) is 0 Å². The summed E-state index contributed by atoms with van der Waals surface area (Å²) in [6.07, 6.45) is 2.83. The number of fused-ring (bicyclic) bond motifs is 1. The molecule has 0 amide bonds. The van der Waals surface area contributed by atoms with E-state index in [4.69, 9.17) is 21.4 Å². The van der Waals surface area contributed by atoms with Gasteiger partial charge in [0.25, 0.3) is 0 Å². The van der Waals surface area contributed by atoms with E-state index in [0.29, 0.717) is 11.6 Å². The molecule has 1 fully saturated rings. The average molecular weight is 253 g/mol. The van der Waals surface area contributed by atoms with E-state index in [-0.39, 0.29) is 11.8 Å². The van der Waals surface area contributed by atoms with Crippen molar-refractivity contribution in [3.63, 3.8) is 0 Å². The van der Waals surface area contributed by atoms with E-state index in [1.807, 2.05) is 12.1 Å². The van der Waals surface area contributed by atoms with Gasteiger partial charge < -0.3 is 9.84 Å². The lowest BCUT2D eigenvalue weighted by atomic mass is 9.87. The average Bonchev–Trinajstić information content (AvgIpc) is 2.87. The maximum absolute atomic E-state index is 11.0. The van der Waals surface area contributed by atoms with Crippen LogP contribution in [-0.2, 0) is 16.6 Å². The maximum atomic E-state index is 11.0. The largest absolute Gasteiger partial charge is 0.493 e. The van der Waals surface area contributed by atoms with Crippen molar-refractivity contribution < 1.29 is 14.6 Å². The minimum Gasteiger partial charge on any atom is -0.493 e. The molecule has 17 heavy (non-hydrogen) atoms. The first-order valence-electron chi connectivity index (χ1n) is 5.79. The van der Waals surface area contributed by atoms with E-state index in [2.05, 4.69) is 0 Å². The van der Waals surface area contributed by atoms with Crippen LogP contribution in [0.2, 0.25) is 5.02 Å². The molecule has 1 aliphatic carbocycles. The summed E-state index contributed by atoms with van der Waals surface area (Å²) < 4.78 is 5.52. The summed E-state index contributed by atoms with van der Waals surface area (Å²) >= 11 is 6.27. The zero-order valence-corrected chi connectivity index (χ0v) is 10.1. The second kappa shape index (κ2) is 3.64. The minimum atomic E-state index is -0.755. The fraction of sp³-hybridized carbons (Fsp3) is 0.462. The van der Waals surface area contributed by atoms with Crippen molar-refractivity contribution >= 4 is 17.6 Å². The van der Waals surface area contributed by atoms with E-state index in [0.717, 1.165) is 36.1 Å². The van der Waals surface area contributed by atoms with Gasteiger partial charge in [-0.1, -0.05) is 11.6 Å². The van der Waals surface area contributed by atoms with Crippen LogP contribution in [0.15, 0.2) is 12.1 Å². The van der Waals surface area contributed by atoms with Gasteiger partial charge in [0.05, 0.1) is 13.0 Å². The van der Waals surface area contributed by atoms with Crippen LogP contribution in [0.4, 0.5) is 0 Å². The molecule has 1 saturated carbocycles. The number of halogens is 1. The second-order valence-electron chi connectivity index (χ2n) is 4.85. The van der Waals surface area contributed by atoms with E-state index >= 15 is 0 Å². The first-order valence-corrected chi connectivity index (χ1v) is 6.17. The van der Waals surface area contributed by atoms with Gasteiger partial charge in [-0.3, -0.25) is 4.79 Å². The Labute approximate surface area is 104 Å². The molecule has 3 rings (SSSR count). The summed E-state index contributed by atoms with van der Waals surface area (Å²) in [6.45, 7) is 0.672. The lowest BCUT2D eigenvalue weighted by Crippen LogP contribution is -2.15. The first kappa shape index (κ1) is 10.9. The van der Waals surface area contributed by atoms with E-state index < -0.39 is 5.97 Å². The van der Waals surface area contributed by atoms with Gasteiger partial charge in [-0.2, -0.15) is 0 Å². The molecule has 1 N–H and O–H groups in total. The van der Waals surface area contributed by atoms with Crippen LogP contribution in [0.3, 0.4) is 0 Å². The van der Waals surface area contributed by atoms with Crippen LogP contribution >= 0.6 is 11.6 Å². The third-order valence-electron chi connectivity index (χ3n) is 3.70. The van der Waals surface area contributed by atoms with Gasteiger partial charge in [0.15, 0.2) is 0 Å². The number of hydrogen-bond donors (Lipinski definition) is 1. The Morgan fingerprint density at radius 1 is 1.47 bits per heavy atom. The van der Waals surface area contributed by atoms with Gasteiger partial charge in [-0.05, 0) is 30.5 Å². The van der Waals surface area contributed by atoms with Crippen molar-refractivity contribution in [3.8, 4) is 5.75 Å². The lowest BCUT2D eigenvalue weighted by Gasteiger charge is -2.18. The molecule has 0 aromatic heterocycles. The highest BCUT2D eigenvalue weighted by Crippen LogP contribution is 2.56. The van der Waals surface area contributed by atoms with Crippen LogP contribution in [0.5, 0.6) is 5.75 Å². The molecule has 1 aromatic carbocycles. The summed E-state index contributed by atoms with van der Waals surface area (Å²) in [7, 11) is 0. The predicted molar refractivity (Wildman–Crippen MR) is 63.8 cm³/mol. The second-order valence-corrected chi connectivity index (χ2v) is 5.26. The van der Waals surface area contributed by atoms with E-state index in [1.165, 1.54) is 0 Å². The van der Waals surface area contributed by atoms with Gasteiger partial charge in [-0.15, -0.1) is 0 Å². The fourth-order valence-corrected chi connectivity index (χ4v) is 3.15. The Bertz CT molecular complexity index is 492. The molecule has 90 valence electrons. The van der Waals surface area contributed by atoms with Gasteiger partial charge in [0.2, 0.25) is 0 Å². The molecule has 0 unspecified atom stereocenters. The molecule has 1 heterocycles. The zero-order chi connectivity index (χ0) is 12.0. The van der Waals surface area contributed by atoms with Crippen LogP contribution in [-0.4, -0.2) is 17.7 Å². The van der Waals surface area contributed by atoms with Crippen molar-refractivity contribution in [2.75, 3.05) is 6.61 Å². The molecule has 0 bridgehead atoms. The summed E-state index contributed by atoms with van der Waals surface area (Å²) in [6, 6.07) is 3.70. The third-order valence-corrected chi connectivity index (χ3v) is 4.02. The Morgan fingerprint density at radius 2 is 2.24 bits per heavy atom. The highest BCUT2D eigenvalue weighted by atomic mass is 35.5. The molecule has 1 aliphatic heterocycles. The number of carboxylic acids is 1. The summed E-state index contributed by atoms with van der Waals surface area (Å²) in [5.74, 6) is 0.121. The standard InChI is InChI=1S/C13H13ClO3/c14-9-1-2-10-8(3-6-17-10)12(9)13(4-5-13)7-11(15)16/h1-2H,3-7H2,(H,15,16). The molecule has 3 nitrogen and oxygen atoms in total. The molecule has 0 radical (unpaired) electrons. The van der Waals surface area contributed by atoms with Crippen LogP contribution in [0.25, 0.3) is 0 Å². The van der Waals surface area contributed by atoms with Crippen molar-refractivity contribution in [1.82, 2.24) is 0 Å². The normalized spacial score (nSPS) is 19.6. The lowest BCUT2D eigenvalue weighted by molar-refractivity contribution is -0.137. The molecular formula is C13H13ClO3. The Hall–Kier alpha value is -1.22. The highest BCUT2D eigenvalue weighted by Gasteiger charge is 2.49.